The molecule has 0 aromatic carbocycles. The number of aromatic nitrogens is 2. The Kier molecular flexibility index (Phi) is 4.48. The lowest BCUT2D eigenvalue weighted by atomic mass is 10.1. The van der Waals surface area contributed by atoms with Crippen molar-refractivity contribution in [3.05, 3.63) is 37.2 Å². The molecule has 0 aliphatic heterocycles. The lowest BCUT2D eigenvalue weighted by Gasteiger charge is -2.11. The maximum atomic E-state index is 6.28. The van der Waals surface area contributed by atoms with Crippen LogP contribution in [0.4, 0.5) is 0 Å². The minimum Gasteiger partial charge on any atom is -0.324 e. The highest BCUT2D eigenvalue weighted by Crippen LogP contribution is 2.29. The number of aryl methyl sites for hydroxylation is 2. The molecule has 0 fully saturated rings. The molecule has 2 heterocycles. The summed E-state index contributed by atoms with van der Waals surface area (Å²) in [5, 5.41) is 7.21. The van der Waals surface area contributed by atoms with Crippen molar-refractivity contribution in [1.29, 1.82) is 0 Å². The van der Waals surface area contributed by atoms with E-state index < -0.39 is 0 Å². The molecule has 0 radical (unpaired) electrons. The predicted octanol–water partition coefficient (Wildman–Crippen LogP) is 3.93. The van der Waals surface area contributed by atoms with Crippen molar-refractivity contribution >= 4 is 38.9 Å². The van der Waals surface area contributed by atoms with Crippen LogP contribution in [0.3, 0.4) is 0 Å². The van der Waals surface area contributed by atoms with E-state index in [2.05, 4.69) is 39.4 Å². The summed E-state index contributed by atoms with van der Waals surface area (Å²) in [5.74, 6) is 0. The van der Waals surface area contributed by atoms with Crippen molar-refractivity contribution in [2.24, 2.45) is 5.73 Å². The van der Waals surface area contributed by atoms with Crippen molar-refractivity contribution in [2.75, 3.05) is 0 Å². The molecule has 2 aromatic rings. The van der Waals surface area contributed by atoms with E-state index in [-0.39, 0.29) is 6.04 Å². The summed E-state index contributed by atoms with van der Waals surface area (Å²) in [6, 6.07) is 2.01. The Bertz CT molecular complexity index is 550. The largest absolute Gasteiger partial charge is 0.324 e. The van der Waals surface area contributed by atoms with Gasteiger partial charge in [0.15, 0.2) is 0 Å². The fourth-order valence-electron chi connectivity index (χ4n) is 1.91. The molecule has 0 saturated heterocycles. The van der Waals surface area contributed by atoms with Gasteiger partial charge in [-0.3, -0.25) is 4.68 Å². The van der Waals surface area contributed by atoms with Crippen LogP contribution in [0.5, 0.6) is 0 Å². The Hall–Kier alpha value is -0.360. The van der Waals surface area contributed by atoms with Crippen molar-refractivity contribution < 1.29 is 0 Å². The third-order valence-corrected chi connectivity index (χ3v) is 4.90. The number of hydrogen-bond donors (Lipinski definition) is 1. The van der Waals surface area contributed by atoms with Crippen LogP contribution in [0.1, 0.15) is 29.9 Å². The Balaban J connectivity index is 2.23. The smallest absolute Gasteiger partial charge is 0.0847 e. The lowest BCUT2D eigenvalue weighted by molar-refractivity contribution is 0.588. The highest BCUT2D eigenvalue weighted by Gasteiger charge is 2.17. The van der Waals surface area contributed by atoms with Gasteiger partial charge in [0.1, 0.15) is 0 Å². The van der Waals surface area contributed by atoms with E-state index in [1.807, 2.05) is 11.6 Å². The zero-order chi connectivity index (χ0) is 13.3. The Morgan fingerprint density at radius 3 is 2.89 bits per heavy atom. The van der Waals surface area contributed by atoms with Crippen LogP contribution in [0.2, 0.25) is 5.02 Å². The van der Waals surface area contributed by atoms with E-state index in [1.165, 1.54) is 0 Å². The van der Waals surface area contributed by atoms with E-state index >= 15 is 0 Å². The molecule has 2 N–H and O–H groups in total. The van der Waals surface area contributed by atoms with Crippen LogP contribution >= 0.6 is 38.9 Å². The first kappa shape index (κ1) is 14.1. The van der Waals surface area contributed by atoms with Crippen molar-refractivity contribution in [1.82, 2.24) is 9.78 Å². The van der Waals surface area contributed by atoms with E-state index in [9.17, 15) is 0 Å². The van der Waals surface area contributed by atoms with Gasteiger partial charge in [0.2, 0.25) is 0 Å². The molecule has 0 saturated carbocycles. The van der Waals surface area contributed by atoms with Gasteiger partial charge >= 0.3 is 0 Å². The summed E-state index contributed by atoms with van der Waals surface area (Å²) < 4.78 is 3.03. The van der Waals surface area contributed by atoms with Crippen molar-refractivity contribution in [2.45, 2.75) is 32.9 Å². The molecule has 2 aromatic heterocycles. The number of halogens is 2. The molecule has 0 aliphatic rings. The second-order valence-corrected chi connectivity index (χ2v) is 6.83. The number of rotatable bonds is 4. The lowest BCUT2D eigenvalue weighted by Crippen LogP contribution is -2.15. The van der Waals surface area contributed by atoms with Crippen LogP contribution < -0.4 is 5.73 Å². The molecule has 0 aliphatic carbocycles. The minimum atomic E-state index is -0.0496. The summed E-state index contributed by atoms with van der Waals surface area (Å²) in [6.45, 7) is 4.78. The molecule has 3 nitrogen and oxygen atoms in total. The minimum absolute atomic E-state index is 0.0496. The van der Waals surface area contributed by atoms with Crippen LogP contribution in [0.25, 0.3) is 0 Å². The summed E-state index contributed by atoms with van der Waals surface area (Å²) in [5.41, 5.74) is 9.24. The summed E-state index contributed by atoms with van der Waals surface area (Å²) in [4.78, 5) is 0. The second-order valence-electron chi connectivity index (χ2n) is 4.16. The standard InChI is InChI=1S/C12H15BrClN3S/c1-3-17-10(12(14)7(2)16-17)5-9(15)8-4-11(13)18-6-8/h4,6,9H,3,5,15H2,1-2H3. The summed E-state index contributed by atoms with van der Waals surface area (Å²) in [7, 11) is 0. The first-order valence-electron chi connectivity index (χ1n) is 5.74. The van der Waals surface area contributed by atoms with Crippen LogP contribution in [0, 0.1) is 6.92 Å². The van der Waals surface area contributed by atoms with Gasteiger partial charge < -0.3 is 5.73 Å². The van der Waals surface area contributed by atoms with Gasteiger partial charge in [0.25, 0.3) is 0 Å². The topological polar surface area (TPSA) is 43.8 Å². The first-order chi connectivity index (χ1) is 8.52. The van der Waals surface area contributed by atoms with Crippen LogP contribution in [0.15, 0.2) is 15.2 Å². The zero-order valence-corrected chi connectivity index (χ0v) is 13.4. The first-order valence-corrected chi connectivity index (χ1v) is 7.79. The maximum Gasteiger partial charge on any atom is 0.0847 e. The number of nitrogens with two attached hydrogens (primary N) is 1. The highest BCUT2D eigenvalue weighted by atomic mass is 79.9. The molecular weight excluding hydrogens is 334 g/mol. The third kappa shape index (κ3) is 2.79. The Morgan fingerprint density at radius 1 is 1.61 bits per heavy atom. The molecule has 0 amide bonds. The van der Waals surface area contributed by atoms with E-state index in [0.717, 1.165) is 32.3 Å². The van der Waals surface area contributed by atoms with E-state index in [0.29, 0.717) is 6.42 Å². The second kappa shape index (κ2) is 5.74. The molecule has 2 rings (SSSR count). The van der Waals surface area contributed by atoms with Gasteiger partial charge in [-0.25, -0.2) is 0 Å². The van der Waals surface area contributed by atoms with Gasteiger partial charge in [-0.1, -0.05) is 11.6 Å². The summed E-state index contributed by atoms with van der Waals surface area (Å²) >= 11 is 11.4. The maximum absolute atomic E-state index is 6.28. The molecule has 98 valence electrons. The predicted molar refractivity (Wildman–Crippen MR) is 80.3 cm³/mol. The van der Waals surface area contributed by atoms with Crippen molar-refractivity contribution in [3.8, 4) is 0 Å². The van der Waals surface area contributed by atoms with Gasteiger partial charge in [-0.15, -0.1) is 11.3 Å². The summed E-state index contributed by atoms with van der Waals surface area (Å²) in [6.07, 6.45) is 0.705. The third-order valence-electron chi connectivity index (χ3n) is 2.88. The zero-order valence-electron chi connectivity index (χ0n) is 10.3. The van der Waals surface area contributed by atoms with Gasteiger partial charge in [-0.2, -0.15) is 5.10 Å². The monoisotopic (exact) mass is 347 g/mol. The van der Waals surface area contributed by atoms with Gasteiger partial charge in [0.05, 0.1) is 20.2 Å². The quantitative estimate of drug-likeness (QED) is 0.909. The van der Waals surface area contributed by atoms with Gasteiger partial charge in [0, 0.05) is 19.0 Å². The fourth-order valence-corrected chi connectivity index (χ4v) is 3.36. The van der Waals surface area contributed by atoms with Crippen molar-refractivity contribution in [3.63, 3.8) is 0 Å². The number of hydrogen-bond acceptors (Lipinski definition) is 3. The van der Waals surface area contributed by atoms with Crippen LogP contribution in [-0.2, 0) is 13.0 Å². The number of nitrogens with zero attached hydrogens (tertiary/aromatic N) is 2. The van der Waals surface area contributed by atoms with E-state index in [4.69, 9.17) is 17.3 Å². The normalized spacial score (nSPS) is 12.9. The Labute approximate surface area is 124 Å². The SMILES string of the molecule is CCn1nc(C)c(Cl)c1CC(N)c1csc(Br)c1. The average Bonchev–Trinajstić information content (AvgIpc) is 2.88. The fraction of sp³-hybridized carbons (Fsp3) is 0.417. The van der Waals surface area contributed by atoms with E-state index in [1.54, 1.807) is 11.3 Å². The number of thiophene rings is 1. The molecule has 1 unspecified atom stereocenters. The molecule has 6 heteroatoms. The average molecular weight is 349 g/mol. The van der Waals surface area contributed by atoms with Gasteiger partial charge in [-0.05, 0) is 46.8 Å². The molecular formula is C12H15BrClN3S. The Morgan fingerprint density at radius 2 is 2.33 bits per heavy atom. The van der Waals surface area contributed by atoms with Crippen LogP contribution in [-0.4, -0.2) is 9.78 Å². The molecule has 18 heavy (non-hydrogen) atoms. The highest BCUT2D eigenvalue weighted by molar-refractivity contribution is 9.11. The molecule has 1 atom stereocenters. The molecule has 0 spiro atoms. The molecule has 0 bridgehead atoms.